The molecule has 2 bridgehead atoms. The van der Waals surface area contributed by atoms with Crippen LogP contribution in [0.25, 0.3) is 0 Å². The van der Waals surface area contributed by atoms with Gasteiger partial charge in [-0.25, -0.2) is 0 Å². The summed E-state index contributed by atoms with van der Waals surface area (Å²) in [5, 5.41) is 3.71. The first-order valence-electron chi connectivity index (χ1n) is 7.00. The molecule has 3 nitrogen and oxygen atoms in total. The predicted molar refractivity (Wildman–Crippen MR) is 79.3 cm³/mol. The van der Waals surface area contributed by atoms with E-state index in [-0.39, 0.29) is 6.04 Å². The number of ether oxygens (including phenoxy) is 1. The number of nitrogens with one attached hydrogen (secondary N) is 1. The number of hydrogen-bond acceptors (Lipinski definition) is 4. The average Bonchev–Trinajstić information content (AvgIpc) is 3.20. The Hall–Kier alpha value is -0.810. The van der Waals surface area contributed by atoms with Crippen molar-refractivity contribution in [1.82, 2.24) is 5.32 Å². The quantitative estimate of drug-likeness (QED) is 0.927. The molecule has 106 valence electrons. The Balaban J connectivity index is 1.59. The molecule has 2 aromatic rings. The molecule has 20 heavy (non-hydrogen) atoms. The third-order valence-corrected chi connectivity index (χ3v) is 5.49. The Morgan fingerprint density at radius 2 is 2.25 bits per heavy atom. The lowest BCUT2D eigenvalue weighted by Gasteiger charge is -2.25. The SMILES string of the molecule is Clc1ccc(C(NC2CC3CCC2O3)c2ccco2)s1. The predicted octanol–water partition coefficient (Wildman–Crippen LogP) is 3.99. The van der Waals surface area contributed by atoms with Crippen molar-refractivity contribution in [2.24, 2.45) is 0 Å². The van der Waals surface area contributed by atoms with Crippen LogP contribution in [0.5, 0.6) is 0 Å². The van der Waals surface area contributed by atoms with Gasteiger partial charge < -0.3 is 9.15 Å². The molecule has 2 aliphatic rings. The second-order valence-electron chi connectivity index (χ2n) is 5.47. The van der Waals surface area contributed by atoms with E-state index in [1.165, 1.54) is 17.7 Å². The van der Waals surface area contributed by atoms with E-state index in [2.05, 4.69) is 11.4 Å². The zero-order valence-corrected chi connectivity index (χ0v) is 12.5. The van der Waals surface area contributed by atoms with Crippen molar-refractivity contribution >= 4 is 22.9 Å². The summed E-state index contributed by atoms with van der Waals surface area (Å²) in [5.74, 6) is 0.936. The minimum atomic E-state index is 0.0652. The molecular formula is C15H16ClNO2S. The molecule has 0 aliphatic carbocycles. The van der Waals surface area contributed by atoms with Crippen LogP contribution >= 0.6 is 22.9 Å². The summed E-state index contributed by atoms with van der Waals surface area (Å²) in [4.78, 5) is 1.19. The molecule has 2 aliphatic heterocycles. The minimum Gasteiger partial charge on any atom is -0.467 e. The summed E-state index contributed by atoms with van der Waals surface area (Å²) in [6.45, 7) is 0. The maximum atomic E-state index is 6.08. The standard InChI is InChI=1S/C15H16ClNO2S/c16-14-6-5-13(20-14)15(12-2-1-7-18-12)17-10-8-9-3-4-11(10)19-9/h1-2,5-7,9-11,15,17H,3-4,8H2. The van der Waals surface area contributed by atoms with Crippen LogP contribution in [0.1, 0.15) is 35.9 Å². The second-order valence-corrected chi connectivity index (χ2v) is 7.22. The van der Waals surface area contributed by atoms with Gasteiger partial charge in [0.15, 0.2) is 0 Å². The molecule has 2 aromatic heterocycles. The van der Waals surface area contributed by atoms with Crippen LogP contribution in [-0.4, -0.2) is 18.2 Å². The van der Waals surface area contributed by atoms with Crippen LogP contribution in [0.4, 0.5) is 0 Å². The second kappa shape index (κ2) is 5.19. The van der Waals surface area contributed by atoms with Gasteiger partial charge >= 0.3 is 0 Å². The summed E-state index contributed by atoms with van der Waals surface area (Å²) in [5.41, 5.74) is 0. The Bertz CT molecular complexity index is 582. The summed E-state index contributed by atoms with van der Waals surface area (Å²) >= 11 is 7.68. The highest BCUT2D eigenvalue weighted by Crippen LogP contribution is 2.38. The molecule has 4 heterocycles. The van der Waals surface area contributed by atoms with Gasteiger partial charge in [-0.2, -0.15) is 0 Å². The van der Waals surface area contributed by atoms with Crippen LogP contribution in [0.15, 0.2) is 34.9 Å². The Morgan fingerprint density at radius 1 is 1.30 bits per heavy atom. The molecule has 1 N–H and O–H groups in total. The number of halogens is 1. The van der Waals surface area contributed by atoms with Gasteiger partial charge in [0.1, 0.15) is 11.8 Å². The van der Waals surface area contributed by atoms with Gasteiger partial charge in [0.25, 0.3) is 0 Å². The topological polar surface area (TPSA) is 34.4 Å². The van der Waals surface area contributed by atoms with Gasteiger partial charge in [-0.15, -0.1) is 11.3 Å². The smallest absolute Gasteiger partial charge is 0.126 e. The largest absolute Gasteiger partial charge is 0.467 e. The fraction of sp³-hybridized carbons (Fsp3) is 0.467. The van der Waals surface area contributed by atoms with E-state index >= 15 is 0 Å². The Labute approximate surface area is 126 Å². The third kappa shape index (κ3) is 2.31. The number of hydrogen-bond donors (Lipinski definition) is 1. The van der Waals surface area contributed by atoms with Crippen molar-refractivity contribution in [1.29, 1.82) is 0 Å². The van der Waals surface area contributed by atoms with E-state index < -0.39 is 0 Å². The first kappa shape index (κ1) is 12.9. The molecule has 0 amide bonds. The highest BCUT2D eigenvalue weighted by Gasteiger charge is 2.42. The first-order valence-corrected chi connectivity index (χ1v) is 8.19. The van der Waals surface area contributed by atoms with Crippen LogP contribution in [0.2, 0.25) is 4.34 Å². The molecule has 0 radical (unpaired) electrons. The highest BCUT2D eigenvalue weighted by atomic mass is 35.5. The molecule has 5 heteroatoms. The molecule has 2 fully saturated rings. The molecule has 0 saturated carbocycles. The molecule has 4 atom stereocenters. The van der Waals surface area contributed by atoms with Crippen molar-refractivity contribution in [3.63, 3.8) is 0 Å². The van der Waals surface area contributed by atoms with E-state index in [0.717, 1.165) is 16.5 Å². The van der Waals surface area contributed by atoms with E-state index in [1.807, 2.05) is 18.2 Å². The minimum absolute atomic E-state index is 0.0652. The Kier molecular flexibility index (Phi) is 3.34. The fourth-order valence-electron chi connectivity index (χ4n) is 3.27. The monoisotopic (exact) mass is 309 g/mol. The van der Waals surface area contributed by atoms with Gasteiger partial charge in [0, 0.05) is 10.9 Å². The Morgan fingerprint density at radius 3 is 2.85 bits per heavy atom. The van der Waals surface area contributed by atoms with Crippen molar-refractivity contribution in [2.75, 3.05) is 0 Å². The van der Waals surface area contributed by atoms with Gasteiger partial charge in [-0.05, 0) is 43.5 Å². The van der Waals surface area contributed by atoms with E-state index in [0.29, 0.717) is 18.2 Å². The molecule has 0 aromatic carbocycles. The van der Waals surface area contributed by atoms with Gasteiger partial charge in [-0.3, -0.25) is 5.32 Å². The lowest BCUT2D eigenvalue weighted by molar-refractivity contribution is 0.0963. The van der Waals surface area contributed by atoms with E-state index in [1.54, 1.807) is 17.6 Å². The maximum absolute atomic E-state index is 6.08. The summed E-state index contributed by atoms with van der Waals surface area (Å²) in [7, 11) is 0. The normalized spacial score (nSPS) is 29.9. The number of furan rings is 1. The lowest BCUT2D eigenvalue weighted by Crippen LogP contribution is -2.39. The van der Waals surface area contributed by atoms with Gasteiger partial charge in [0.2, 0.25) is 0 Å². The first-order chi connectivity index (χ1) is 9.79. The molecule has 0 spiro atoms. The van der Waals surface area contributed by atoms with E-state index in [4.69, 9.17) is 20.8 Å². The number of fused-ring (bicyclic) bond motifs is 2. The van der Waals surface area contributed by atoms with Crippen molar-refractivity contribution < 1.29 is 9.15 Å². The molecule has 4 rings (SSSR count). The maximum Gasteiger partial charge on any atom is 0.126 e. The zero-order chi connectivity index (χ0) is 13.5. The van der Waals surface area contributed by atoms with Crippen molar-refractivity contribution in [2.45, 2.75) is 43.6 Å². The molecule has 2 saturated heterocycles. The van der Waals surface area contributed by atoms with Crippen molar-refractivity contribution in [3.05, 3.63) is 45.5 Å². The average molecular weight is 310 g/mol. The zero-order valence-electron chi connectivity index (χ0n) is 10.9. The van der Waals surface area contributed by atoms with Crippen LogP contribution < -0.4 is 5.32 Å². The van der Waals surface area contributed by atoms with Gasteiger partial charge in [-0.1, -0.05) is 11.6 Å². The third-order valence-electron chi connectivity index (χ3n) is 4.19. The van der Waals surface area contributed by atoms with Crippen LogP contribution in [-0.2, 0) is 4.74 Å². The fourth-order valence-corrected chi connectivity index (χ4v) is 4.40. The van der Waals surface area contributed by atoms with Crippen LogP contribution in [0.3, 0.4) is 0 Å². The van der Waals surface area contributed by atoms with Crippen LogP contribution in [0, 0.1) is 0 Å². The molecular weight excluding hydrogens is 294 g/mol. The highest BCUT2D eigenvalue weighted by molar-refractivity contribution is 7.16. The van der Waals surface area contributed by atoms with Gasteiger partial charge in [0.05, 0.1) is 22.8 Å². The molecule has 4 unspecified atom stereocenters. The summed E-state index contributed by atoms with van der Waals surface area (Å²) < 4.78 is 12.3. The van der Waals surface area contributed by atoms with E-state index in [9.17, 15) is 0 Å². The summed E-state index contributed by atoms with van der Waals surface area (Å²) in [6.07, 6.45) is 5.99. The number of thiophene rings is 1. The van der Waals surface area contributed by atoms with Crippen molar-refractivity contribution in [3.8, 4) is 0 Å². The lowest BCUT2D eigenvalue weighted by atomic mass is 9.94. The number of rotatable bonds is 4. The summed E-state index contributed by atoms with van der Waals surface area (Å²) in [6, 6.07) is 8.42.